The molecule has 0 radical (unpaired) electrons. The van der Waals surface area contributed by atoms with E-state index in [9.17, 15) is 4.79 Å². The van der Waals surface area contributed by atoms with Gasteiger partial charge >= 0.3 is 5.97 Å². The Morgan fingerprint density at radius 3 is 1.91 bits per heavy atom. The van der Waals surface area contributed by atoms with Crippen molar-refractivity contribution in [1.82, 2.24) is 0 Å². The Bertz CT molecular complexity index is 546. The minimum absolute atomic E-state index is 0.334. The summed E-state index contributed by atoms with van der Waals surface area (Å²) in [6.07, 6.45) is -0.742. The molecule has 0 aliphatic heterocycles. The fourth-order valence-electron chi connectivity index (χ4n) is 1.98. The molecule has 23 heavy (non-hydrogen) atoms. The zero-order chi connectivity index (χ0) is 17.8. The molecule has 0 heterocycles. The second-order valence-corrected chi connectivity index (χ2v) is 16.1. The lowest BCUT2D eigenvalue weighted by Gasteiger charge is -2.28. The maximum absolute atomic E-state index is 12.6. The molecule has 0 fully saturated rings. The van der Waals surface area contributed by atoms with E-state index in [1.807, 2.05) is 45.3 Å². The van der Waals surface area contributed by atoms with Crippen molar-refractivity contribution in [1.29, 1.82) is 0 Å². The van der Waals surface area contributed by atoms with Crippen molar-refractivity contribution in [2.45, 2.75) is 45.4 Å². The number of benzene rings is 1. The molecule has 0 aromatic heterocycles. The van der Waals surface area contributed by atoms with E-state index in [4.69, 9.17) is 18.3 Å². The standard InChI is InChI=1S/C16H28O5Si2/c1-18-13-10-9-12(11-14(13)19-2)15(20-22(3,4)5)16(17)21-23(6,7)8/h9-11,15H,1-8H3. The molecule has 1 aromatic carbocycles. The van der Waals surface area contributed by atoms with Gasteiger partial charge in [0.25, 0.3) is 0 Å². The molecule has 0 spiro atoms. The minimum atomic E-state index is -2.00. The first kappa shape index (κ1) is 19.7. The fraction of sp³-hybridized carbons (Fsp3) is 0.562. The van der Waals surface area contributed by atoms with Crippen LogP contribution in [0.5, 0.6) is 11.5 Å². The monoisotopic (exact) mass is 356 g/mol. The predicted octanol–water partition coefficient (Wildman–Crippen LogP) is 3.97. The average molecular weight is 357 g/mol. The smallest absolute Gasteiger partial charge is 0.325 e. The Hall–Kier alpha value is -1.32. The van der Waals surface area contributed by atoms with Gasteiger partial charge in [-0.1, -0.05) is 6.07 Å². The first-order chi connectivity index (χ1) is 10.5. The minimum Gasteiger partial charge on any atom is -0.518 e. The Balaban J connectivity index is 3.21. The summed E-state index contributed by atoms with van der Waals surface area (Å²) < 4.78 is 22.3. The molecule has 0 amide bonds. The van der Waals surface area contributed by atoms with E-state index in [0.717, 1.165) is 0 Å². The molecule has 1 atom stereocenters. The molecule has 7 heteroatoms. The van der Waals surface area contributed by atoms with Gasteiger partial charge < -0.3 is 18.3 Å². The summed E-state index contributed by atoms with van der Waals surface area (Å²) in [5.74, 6) is 0.843. The maximum atomic E-state index is 12.6. The summed E-state index contributed by atoms with van der Waals surface area (Å²) in [5, 5.41) is 0. The molecular formula is C16H28O5Si2. The van der Waals surface area contributed by atoms with Gasteiger partial charge in [-0.25, -0.2) is 0 Å². The van der Waals surface area contributed by atoms with E-state index in [2.05, 4.69) is 0 Å². The number of hydrogen-bond acceptors (Lipinski definition) is 5. The normalized spacial score (nSPS) is 13.4. The van der Waals surface area contributed by atoms with Gasteiger partial charge in [-0.05, 0) is 57.0 Å². The van der Waals surface area contributed by atoms with Crippen molar-refractivity contribution >= 4 is 22.6 Å². The van der Waals surface area contributed by atoms with Gasteiger partial charge in [0.2, 0.25) is 8.32 Å². The van der Waals surface area contributed by atoms with Crippen LogP contribution in [0.4, 0.5) is 0 Å². The Labute approximate surface area is 141 Å². The van der Waals surface area contributed by atoms with Crippen LogP contribution in [0.3, 0.4) is 0 Å². The topological polar surface area (TPSA) is 54.0 Å². The first-order valence-electron chi connectivity index (χ1n) is 7.59. The third-order valence-corrected chi connectivity index (χ3v) is 4.56. The lowest BCUT2D eigenvalue weighted by molar-refractivity contribution is -0.143. The summed E-state index contributed by atoms with van der Waals surface area (Å²) in [6.45, 7) is 12.1. The van der Waals surface area contributed by atoms with Crippen molar-refractivity contribution in [3.63, 3.8) is 0 Å². The number of methoxy groups -OCH3 is 2. The van der Waals surface area contributed by atoms with E-state index >= 15 is 0 Å². The van der Waals surface area contributed by atoms with E-state index in [0.29, 0.717) is 17.1 Å². The zero-order valence-corrected chi connectivity index (χ0v) is 17.4. The summed E-state index contributed by atoms with van der Waals surface area (Å²) in [5.41, 5.74) is 0.716. The first-order valence-corrected chi connectivity index (χ1v) is 14.4. The largest absolute Gasteiger partial charge is 0.518 e. The zero-order valence-electron chi connectivity index (χ0n) is 15.4. The van der Waals surface area contributed by atoms with Crippen molar-refractivity contribution in [2.24, 2.45) is 0 Å². The van der Waals surface area contributed by atoms with Crippen LogP contribution >= 0.6 is 0 Å². The lowest BCUT2D eigenvalue weighted by Crippen LogP contribution is -2.37. The second kappa shape index (κ2) is 7.50. The van der Waals surface area contributed by atoms with E-state index in [1.54, 1.807) is 26.4 Å². The highest BCUT2D eigenvalue weighted by Gasteiger charge is 2.33. The van der Waals surface area contributed by atoms with Gasteiger partial charge in [0.05, 0.1) is 14.2 Å². The maximum Gasteiger partial charge on any atom is 0.325 e. The van der Waals surface area contributed by atoms with Gasteiger partial charge in [-0.3, -0.25) is 4.79 Å². The SMILES string of the molecule is COc1ccc(C(O[Si](C)(C)C)C(=O)O[Si](C)(C)C)cc1OC. The molecule has 0 bridgehead atoms. The number of rotatable bonds is 7. The molecule has 1 aromatic rings. The quantitative estimate of drug-likeness (QED) is 0.692. The van der Waals surface area contributed by atoms with Crippen LogP contribution < -0.4 is 9.47 Å². The second-order valence-electron chi connectivity index (χ2n) is 7.26. The number of ether oxygens (including phenoxy) is 2. The van der Waals surface area contributed by atoms with Crippen LogP contribution in [0.15, 0.2) is 18.2 Å². The summed E-state index contributed by atoms with van der Waals surface area (Å²) in [6, 6.07) is 5.36. The van der Waals surface area contributed by atoms with Gasteiger partial charge in [0, 0.05) is 0 Å². The van der Waals surface area contributed by atoms with Gasteiger partial charge in [-0.2, -0.15) is 0 Å². The Morgan fingerprint density at radius 1 is 0.913 bits per heavy atom. The number of hydrogen-bond donors (Lipinski definition) is 0. The van der Waals surface area contributed by atoms with Gasteiger partial charge in [-0.15, -0.1) is 0 Å². The molecule has 0 saturated heterocycles. The Kier molecular flexibility index (Phi) is 6.44. The Morgan fingerprint density at radius 2 is 1.48 bits per heavy atom. The molecule has 0 aliphatic rings. The third kappa shape index (κ3) is 6.36. The molecule has 0 saturated carbocycles. The number of carbonyl (C=O) groups excluding carboxylic acids is 1. The highest BCUT2D eigenvalue weighted by Crippen LogP contribution is 2.33. The summed E-state index contributed by atoms with van der Waals surface area (Å²) in [7, 11) is -0.807. The molecule has 1 unspecified atom stereocenters. The molecule has 0 aliphatic carbocycles. The highest BCUT2D eigenvalue weighted by atomic mass is 28.4. The van der Waals surface area contributed by atoms with Crippen molar-refractivity contribution < 1.29 is 23.1 Å². The van der Waals surface area contributed by atoms with Crippen molar-refractivity contribution in [3.05, 3.63) is 23.8 Å². The highest BCUT2D eigenvalue weighted by molar-refractivity contribution is 6.71. The third-order valence-electron chi connectivity index (χ3n) is 2.80. The lowest BCUT2D eigenvalue weighted by atomic mass is 10.1. The molecule has 130 valence electrons. The summed E-state index contributed by atoms with van der Waals surface area (Å²) in [4.78, 5) is 12.6. The van der Waals surface area contributed by atoms with Crippen LogP contribution in [-0.2, 0) is 13.6 Å². The molecule has 0 N–H and O–H groups in total. The fourth-order valence-corrected chi connectivity index (χ4v) is 3.63. The number of carbonyl (C=O) groups is 1. The van der Waals surface area contributed by atoms with Crippen LogP contribution in [0.1, 0.15) is 11.7 Å². The van der Waals surface area contributed by atoms with E-state index in [1.165, 1.54) is 0 Å². The predicted molar refractivity (Wildman–Crippen MR) is 96.2 cm³/mol. The average Bonchev–Trinajstić information content (AvgIpc) is 2.41. The van der Waals surface area contributed by atoms with Crippen molar-refractivity contribution in [3.8, 4) is 11.5 Å². The van der Waals surface area contributed by atoms with Crippen LogP contribution in [-0.4, -0.2) is 36.8 Å². The van der Waals surface area contributed by atoms with Crippen molar-refractivity contribution in [2.75, 3.05) is 14.2 Å². The van der Waals surface area contributed by atoms with Gasteiger partial charge in [0.15, 0.2) is 25.9 Å². The van der Waals surface area contributed by atoms with Crippen LogP contribution in [0.25, 0.3) is 0 Å². The van der Waals surface area contributed by atoms with Gasteiger partial charge in [0.1, 0.15) is 0 Å². The molecule has 5 nitrogen and oxygen atoms in total. The molecule has 1 rings (SSSR count). The van der Waals surface area contributed by atoms with Crippen LogP contribution in [0, 0.1) is 0 Å². The van der Waals surface area contributed by atoms with E-state index < -0.39 is 22.7 Å². The summed E-state index contributed by atoms with van der Waals surface area (Å²) >= 11 is 0. The van der Waals surface area contributed by atoms with E-state index in [-0.39, 0.29) is 5.97 Å². The molecular weight excluding hydrogens is 328 g/mol. The van der Waals surface area contributed by atoms with Crippen LogP contribution in [0.2, 0.25) is 39.3 Å².